The van der Waals surface area contributed by atoms with Crippen molar-refractivity contribution < 1.29 is 5.11 Å². The molecule has 3 aliphatic rings. The molecule has 0 aromatic carbocycles. The summed E-state index contributed by atoms with van der Waals surface area (Å²) < 4.78 is 0. The van der Waals surface area contributed by atoms with Gasteiger partial charge in [0.15, 0.2) is 0 Å². The van der Waals surface area contributed by atoms with E-state index in [1.54, 1.807) is 0 Å². The molecule has 0 spiro atoms. The van der Waals surface area contributed by atoms with Gasteiger partial charge in [-0.3, -0.25) is 0 Å². The molecule has 0 aliphatic heterocycles. The molecule has 1 N–H and O–H groups in total. The highest BCUT2D eigenvalue weighted by Gasteiger charge is 2.55. The molecule has 3 saturated carbocycles. The molecule has 0 saturated heterocycles. The topological polar surface area (TPSA) is 20.2 Å². The van der Waals surface area contributed by atoms with E-state index in [1.807, 2.05) is 0 Å². The molecule has 0 unspecified atom stereocenters. The van der Waals surface area contributed by atoms with Crippen molar-refractivity contribution in [2.24, 2.45) is 23.2 Å². The largest absolute Gasteiger partial charge is 0.396 e. The van der Waals surface area contributed by atoms with E-state index in [-0.39, 0.29) is 0 Å². The van der Waals surface area contributed by atoms with Crippen LogP contribution in [0.1, 0.15) is 39.5 Å². The molecule has 3 aliphatic carbocycles. The summed E-state index contributed by atoms with van der Waals surface area (Å²) in [4.78, 5) is 0. The summed E-state index contributed by atoms with van der Waals surface area (Å²) in [5, 5.41) is 9.01. The van der Waals surface area contributed by atoms with Crippen LogP contribution in [0, 0.1) is 23.2 Å². The van der Waals surface area contributed by atoms with E-state index in [0.717, 1.165) is 24.2 Å². The highest BCUT2D eigenvalue weighted by molar-refractivity contribution is 5.04. The lowest BCUT2D eigenvalue weighted by Crippen LogP contribution is -2.53. The van der Waals surface area contributed by atoms with E-state index in [0.29, 0.717) is 12.0 Å². The predicted octanol–water partition coefficient (Wildman–Crippen LogP) is 2.44. The van der Waals surface area contributed by atoms with Crippen LogP contribution >= 0.6 is 0 Å². The molecule has 0 radical (unpaired) electrons. The van der Waals surface area contributed by atoms with Crippen molar-refractivity contribution >= 4 is 0 Å². The Hall–Kier alpha value is -0.0400. The van der Waals surface area contributed by atoms with Gasteiger partial charge in [0.2, 0.25) is 0 Å². The summed E-state index contributed by atoms with van der Waals surface area (Å²) in [6, 6.07) is 0. The SMILES string of the molecule is C[C@@H]1CC[C@H]2C[C@@H]1[C@]2(C)CCO. The summed E-state index contributed by atoms with van der Waals surface area (Å²) >= 11 is 0. The number of rotatable bonds is 2. The zero-order chi connectivity index (χ0) is 8.77. The zero-order valence-corrected chi connectivity index (χ0v) is 8.21. The van der Waals surface area contributed by atoms with Crippen LogP contribution in [0.4, 0.5) is 0 Å². The van der Waals surface area contributed by atoms with Crippen LogP contribution in [0.5, 0.6) is 0 Å². The van der Waals surface area contributed by atoms with E-state index in [2.05, 4.69) is 13.8 Å². The summed E-state index contributed by atoms with van der Waals surface area (Å²) in [6.45, 7) is 5.16. The second-order valence-electron chi connectivity index (χ2n) is 5.07. The molecule has 2 bridgehead atoms. The third-order valence-corrected chi connectivity index (χ3v) is 4.63. The lowest BCUT2D eigenvalue weighted by molar-refractivity contribution is -0.124. The normalized spacial score (nSPS) is 51.8. The van der Waals surface area contributed by atoms with Gasteiger partial charge in [0.25, 0.3) is 0 Å². The van der Waals surface area contributed by atoms with Gasteiger partial charge in [-0.05, 0) is 42.4 Å². The van der Waals surface area contributed by atoms with Gasteiger partial charge in [0.05, 0.1) is 0 Å². The summed E-state index contributed by atoms with van der Waals surface area (Å²) in [7, 11) is 0. The van der Waals surface area contributed by atoms with E-state index in [4.69, 9.17) is 5.11 Å². The van der Waals surface area contributed by atoms with Crippen molar-refractivity contribution in [1.29, 1.82) is 0 Å². The number of aliphatic hydroxyl groups excluding tert-OH is 1. The van der Waals surface area contributed by atoms with Crippen LogP contribution in [0.3, 0.4) is 0 Å². The van der Waals surface area contributed by atoms with Crippen molar-refractivity contribution in [2.45, 2.75) is 39.5 Å². The average Bonchev–Trinajstić information content (AvgIpc) is 2.04. The third-order valence-electron chi connectivity index (χ3n) is 4.63. The Morgan fingerprint density at radius 2 is 2.17 bits per heavy atom. The van der Waals surface area contributed by atoms with Crippen LogP contribution in [0.2, 0.25) is 0 Å². The number of hydrogen-bond donors (Lipinski definition) is 1. The fraction of sp³-hybridized carbons (Fsp3) is 1.00. The molecule has 1 heteroatoms. The predicted molar refractivity (Wildman–Crippen MR) is 49.8 cm³/mol. The van der Waals surface area contributed by atoms with Crippen LogP contribution in [-0.4, -0.2) is 11.7 Å². The van der Waals surface area contributed by atoms with Crippen molar-refractivity contribution in [1.82, 2.24) is 0 Å². The molecule has 3 fully saturated rings. The second kappa shape index (κ2) is 2.73. The van der Waals surface area contributed by atoms with Crippen molar-refractivity contribution in [3.63, 3.8) is 0 Å². The third kappa shape index (κ3) is 0.953. The maximum Gasteiger partial charge on any atom is 0.0436 e. The fourth-order valence-corrected chi connectivity index (χ4v) is 3.61. The fourth-order valence-electron chi connectivity index (χ4n) is 3.61. The van der Waals surface area contributed by atoms with E-state index in [9.17, 15) is 0 Å². The van der Waals surface area contributed by atoms with E-state index in [1.165, 1.54) is 19.3 Å². The Bertz CT molecular complexity index is 176. The lowest BCUT2D eigenvalue weighted by atomic mass is 9.44. The number of fused-ring (bicyclic) bond motifs is 2. The monoisotopic (exact) mass is 168 g/mol. The van der Waals surface area contributed by atoms with E-state index < -0.39 is 0 Å². The van der Waals surface area contributed by atoms with Gasteiger partial charge >= 0.3 is 0 Å². The summed E-state index contributed by atoms with van der Waals surface area (Å²) in [6.07, 6.45) is 5.31. The minimum absolute atomic E-state index is 0.385. The molecule has 0 aromatic heterocycles. The van der Waals surface area contributed by atoms with Crippen LogP contribution in [0.15, 0.2) is 0 Å². The molecule has 0 heterocycles. The first kappa shape index (κ1) is 8.55. The molecule has 3 rings (SSSR count). The van der Waals surface area contributed by atoms with Gasteiger partial charge in [-0.2, -0.15) is 0 Å². The Balaban J connectivity index is 2.07. The Kier molecular flexibility index (Phi) is 1.95. The molecule has 0 aromatic rings. The molecule has 70 valence electrons. The van der Waals surface area contributed by atoms with Gasteiger partial charge in [0.1, 0.15) is 0 Å². The van der Waals surface area contributed by atoms with Crippen LogP contribution < -0.4 is 0 Å². The van der Waals surface area contributed by atoms with Crippen molar-refractivity contribution in [3.05, 3.63) is 0 Å². The number of aliphatic hydroxyl groups is 1. The number of hydrogen-bond acceptors (Lipinski definition) is 1. The highest BCUT2D eigenvalue weighted by atomic mass is 16.3. The summed E-state index contributed by atoms with van der Waals surface area (Å²) in [5.41, 5.74) is 0.506. The van der Waals surface area contributed by atoms with Gasteiger partial charge < -0.3 is 5.11 Å². The minimum Gasteiger partial charge on any atom is -0.396 e. The van der Waals surface area contributed by atoms with Crippen molar-refractivity contribution in [2.75, 3.05) is 6.61 Å². The first-order chi connectivity index (χ1) is 5.68. The molecule has 12 heavy (non-hydrogen) atoms. The van der Waals surface area contributed by atoms with E-state index >= 15 is 0 Å². The van der Waals surface area contributed by atoms with Crippen LogP contribution in [0.25, 0.3) is 0 Å². The molecular formula is C11H20O. The lowest BCUT2D eigenvalue weighted by Gasteiger charge is -2.61. The van der Waals surface area contributed by atoms with Gasteiger partial charge in [0, 0.05) is 6.61 Å². The summed E-state index contributed by atoms with van der Waals surface area (Å²) in [5.74, 6) is 2.76. The van der Waals surface area contributed by atoms with Gasteiger partial charge in [-0.25, -0.2) is 0 Å². The Morgan fingerprint density at radius 3 is 2.67 bits per heavy atom. The zero-order valence-electron chi connectivity index (χ0n) is 8.21. The Labute approximate surface area is 75.2 Å². The quantitative estimate of drug-likeness (QED) is 0.671. The minimum atomic E-state index is 0.385. The maximum atomic E-state index is 9.01. The molecule has 1 nitrogen and oxygen atoms in total. The van der Waals surface area contributed by atoms with Gasteiger partial charge in [-0.15, -0.1) is 0 Å². The molecular weight excluding hydrogens is 148 g/mol. The smallest absolute Gasteiger partial charge is 0.0436 e. The molecule has 0 amide bonds. The first-order valence-electron chi connectivity index (χ1n) is 5.29. The van der Waals surface area contributed by atoms with Gasteiger partial charge in [-0.1, -0.05) is 20.3 Å². The Morgan fingerprint density at radius 1 is 1.42 bits per heavy atom. The highest BCUT2D eigenvalue weighted by Crippen LogP contribution is 2.62. The second-order valence-corrected chi connectivity index (χ2v) is 5.07. The maximum absolute atomic E-state index is 9.01. The average molecular weight is 168 g/mol. The molecule has 4 atom stereocenters. The first-order valence-corrected chi connectivity index (χ1v) is 5.29. The van der Waals surface area contributed by atoms with Crippen molar-refractivity contribution in [3.8, 4) is 0 Å². The standard InChI is InChI=1S/C11H20O/c1-8-3-4-9-7-10(8)11(9,2)5-6-12/h8-10,12H,3-7H2,1-2H3/t8-,9+,10+,11-/m1/s1. The van der Waals surface area contributed by atoms with Crippen LogP contribution in [-0.2, 0) is 0 Å².